The van der Waals surface area contributed by atoms with E-state index in [2.05, 4.69) is 10.4 Å². The second kappa shape index (κ2) is 5.69. The molecule has 0 aromatic carbocycles. The van der Waals surface area contributed by atoms with Crippen LogP contribution in [0.25, 0.3) is 0 Å². The Labute approximate surface area is 92.6 Å². The molecule has 0 unspecified atom stereocenters. The van der Waals surface area contributed by atoms with Gasteiger partial charge in [-0.2, -0.15) is 5.10 Å². The molecular weight excluding hydrogens is 210 g/mol. The second-order valence-electron chi connectivity index (χ2n) is 3.05. The first-order valence-corrected chi connectivity index (χ1v) is 4.83. The van der Waals surface area contributed by atoms with Gasteiger partial charge in [-0.05, 0) is 13.0 Å². The van der Waals surface area contributed by atoms with Crippen molar-refractivity contribution >= 4 is 11.9 Å². The third-order valence-corrected chi connectivity index (χ3v) is 1.84. The number of nitrogens with one attached hydrogen (secondary N) is 1. The molecule has 0 aliphatic rings. The summed E-state index contributed by atoms with van der Waals surface area (Å²) >= 11 is 0. The fourth-order valence-electron chi connectivity index (χ4n) is 1.06. The molecule has 1 aromatic heterocycles. The van der Waals surface area contributed by atoms with E-state index in [0.29, 0.717) is 0 Å². The van der Waals surface area contributed by atoms with Crippen LogP contribution in [0.1, 0.15) is 12.6 Å². The SMILES string of the molecule is CCn1ccc(CNC(=O)/C=C/C(=O)O)n1. The van der Waals surface area contributed by atoms with E-state index < -0.39 is 11.9 Å². The molecular formula is C10H13N3O3. The third kappa shape index (κ3) is 3.95. The van der Waals surface area contributed by atoms with Gasteiger partial charge in [0.05, 0.1) is 12.2 Å². The number of carbonyl (C=O) groups excluding carboxylic acids is 1. The lowest BCUT2D eigenvalue weighted by atomic mass is 10.4. The Hall–Kier alpha value is -2.11. The quantitative estimate of drug-likeness (QED) is 0.696. The maximum absolute atomic E-state index is 11.1. The number of nitrogens with zero attached hydrogens (tertiary/aromatic N) is 2. The number of amides is 1. The summed E-state index contributed by atoms with van der Waals surface area (Å²) in [6.07, 6.45) is 3.58. The van der Waals surface area contributed by atoms with Gasteiger partial charge in [-0.1, -0.05) is 0 Å². The standard InChI is InChI=1S/C10H13N3O3/c1-2-13-6-5-8(12-13)7-11-9(14)3-4-10(15)16/h3-6H,2,7H2,1H3,(H,11,14)(H,15,16)/b4-3+. The highest BCUT2D eigenvalue weighted by molar-refractivity contribution is 5.93. The zero-order valence-corrected chi connectivity index (χ0v) is 8.88. The number of carboxylic acids is 1. The molecule has 6 heteroatoms. The highest BCUT2D eigenvalue weighted by Gasteiger charge is 2.00. The average Bonchev–Trinajstić information content (AvgIpc) is 2.71. The highest BCUT2D eigenvalue weighted by atomic mass is 16.4. The molecule has 16 heavy (non-hydrogen) atoms. The van der Waals surface area contributed by atoms with E-state index in [1.54, 1.807) is 10.7 Å². The maximum atomic E-state index is 11.1. The lowest BCUT2D eigenvalue weighted by Gasteiger charge is -1.98. The lowest BCUT2D eigenvalue weighted by molar-refractivity contribution is -0.131. The molecule has 0 saturated heterocycles. The number of aliphatic carboxylic acids is 1. The van der Waals surface area contributed by atoms with Crippen molar-refractivity contribution in [2.45, 2.75) is 20.0 Å². The van der Waals surface area contributed by atoms with Gasteiger partial charge in [-0.3, -0.25) is 9.48 Å². The fourth-order valence-corrected chi connectivity index (χ4v) is 1.06. The van der Waals surface area contributed by atoms with Crippen LogP contribution < -0.4 is 5.32 Å². The summed E-state index contributed by atoms with van der Waals surface area (Å²) < 4.78 is 1.74. The number of aromatic nitrogens is 2. The molecule has 0 saturated carbocycles. The molecule has 1 amide bonds. The molecule has 0 spiro atoms. The second-order valence-corrected chi connectivity index (χ2v) is 3.05. The Morgan fingerprint density at radius 1 is 1.56 bits per heavy atom. The fraction of sp³-hybridized carbons (Fsp3) is 0.300. The van der Waals surface area contributed by atoms with Crippen LogP contribution >= 0.6 is 0 Å². The van der Waals surface area contributed by atoms with E-state index in [9.17, 15) is 9.59 Å². The van der Waals surface area contributed by atoms with Crippen LogP contribution in [-0.4, -0.2) is 26.8 Å². The van der Waals surface area contributed by atoms with Crippen molar-refractivity contribution < 1.29 is 14.7 Å². The van der Waals surface area contributed by atoms with Gasteiger partial charge in [0.25, 0.3) is 0 Å². The minimum atomic E-state index is -1.15. The van der Waals surface area contributed by atoms with Crippen LogP contribution in [-0.2, 0) is 22.7 Å². The molecule has 0 aliphatic carbocycles. The first-order valence-electron chi connectivity index (χ1n) is 4.83. The van der Waals surface area contributed by atoms with Crippen molar-refractivity contribution in [1.29, 1.82) is 0 Å². The van der Waals surface area contributed by atoms with E-state index in [0.717, 1.165) is 24.4 Å². The number of rotatable bonds is 5. The van der Waals surface area contributed by atoms with Gasteiger partial charge in [0.2, 0.25) is 5.91 Å². The van der Waals surface area contributed by atoms with Crippen molar-refractivity contribution in [3.63, 3.8) is 0 Å². The summed E-state index contributed by atoms with van der Waals surface area (Å²) in [5.41, 5.74) is 0.735. The molecule has 0 bridgehead atoms. The zero-order valence-electron chi connectivity index (χ0n) is 8.88. The predicted octanol–water partition coefficient (Wildman–Crippen LogP) is 0.160. The Morgan fingerprint density at radius 3 is 2.88 bits per heavy atom. The van der Waals surface area contributed by atoms with E-state index in [-0.39, 0.29) is 6.54 Å². The van der Waals surface area contributed by atoms with Crippen molar-refractivity contribution in [2.24, 2.45) is 0 Å². The normalized spacial score (nSPS) is 10.6. The molecule has 1 aromatic rings. The van der Waals surface area contributed by atoms with Crippen LogP contribution in [0.3, 0.4) is 0 Å². The van der Waals surface area contributed by atoms with Crippen LogP contribution in [0.5, 0.6) is 0 Å². The Balaban J connectivity index is 2.39. The molecule has 6 nitrogen and oxygen atoms in total. The molecule has 0 radical (unpaired) electrons. The van der Waals surface area contributed by atoms with Gasteiger partial charge in [-0.25, -0.2) is 4.79 Å². The highest BCUT2D eigenvalue weighted by Crippen LogP contribution is 1.94. The number of carboxylic acid groups (broad SMARTS) is 1. The van der Waals surface area contributed by atoms with Crippen LogP contribution in [0, 0.1) is 0 Å². The predicted molar refractivity (Wildman–Crippen MR) is 56.5 cm³/mol. The van der Waals surface area contributed by atoms with Crippen molar-refractivity contribution in [3.8, 4) is 0 Å². The van der Waals surface area contributed by atoms with E-state index in [1.807, 2.05) is 13.1 Å². The third-order valence-electron chi connectivity index (χ3n) is 1.84. The Kier molecular flexibility index (Phi) is 4.26. The van der Waals surface area contributed by atoms with E-state index in [4.69, 9.17) is 5.11 Å². The summed E-state index contributed by atoms with van der Waals surface area (Å²) in [6, 6.07) is 1.80. The molecule has 0 aliphatic heterocycles. The zero-order chi connectivity index (χ0) is 12.0. The molecule has 0 fully saturated rings. The van der Waals surface area contributed by atoms with Crippen LogP contribution in [0.4, 0.5) is 0 Å². The maximum Gasteiger partial charge on any atom is 0.328 e. The Morgan fingerprint density at radius 2 is 2.31 bits per heavy atom. The largest absolute Gasteiger partial charge is 0.478 e. The summed E-state index contributed by atoms with van der Waals surface area (Å²) in [5, 5.41) is 15.0. The summed E-state index contributed by atoms with van der Waals surface area (Å²) in [7, 11) is 0. The molecule has 2 N–H and O–H groups in total. The monoisotopic (exact) mass is 223 g/mol. The minimum absolute atomic E-state index is 0.287. The van der Waals surface area contributed by atoms with Crippen molar-refractivity contribution in [2.75, 3.05) is 0 Å². The van der Waals surface area contributed by atoms with Gasteiger partial charge in [0.1, 0.15) is 0 Å². The van der Waals surface area contributed by atoms with E-state index >= 15 is 0 Å². The Bertz CT molecular complexity index is 409. The minimum Gasteiger partial charge on any atom is -0.478 e. The number of carbonyl (C=O) groups is 2. The lowest BCUT2D eigenvalue weighted by Crippen LogP contribution is -2.21. The summed E-state index contributed by atoms with van der Waals surface area (Å²) in [6.45, 7) is 3.02. The van der Waals surface area contributed by atoms with Crippen molar-refractivity contribution in [1.82, 2.24) is 15.1 Å². The molecule has 1 rings (SSSR count). The number of hydrogen-bond acceptors (Lipinski definition) is 3. The van der Waals surface area contributed by atoms with Gasteiger partial charge in [0, 0.05) is 24.9 Å². The average molecular weight is 223 g/mol. The van der Waals surface area contributed by atoms with Crippen LogP contribution in [0.2, 0.25) is 0 Å². The molecule has 0 atom stereocenters. The smallest absolute Gasteiger partial charge is 0.328 e. The van der Waals surface area contributed by atoms with Gasteiger partial charge >= 0.3 is 5.97 Å². The van der Waals surface area contributed by atoms with Crippen molar-refractivity contribution in [3.05, 3.63) is 30.1 Å². The first kappa shape index (κ1) is 12.0. The van der Waals surface area contributed by atoms with Crippen LogP contribution in [0.15, 0.2) is 24.4 Å². The number of aryl methyl sites for hydroxylation is 1. The molecule has 86 valence electrons. The van der Waals surface area contributed by atoms with Gasteiger partial charge < -0.3 is 10.4 Å². The summed E-state index contributed by atoms with van der Waals surface area (Å²) in [4.78, 5) is 21.2. The van der Waals surface area contributed by atoms with Gasteiger partial charge in [0.15, 0.2) is 0 Å². The van der Waals surface area contributed by atoms with Gasteiger partial charge in [-0.15, -0.1) is 0 Å². The number of hydrogen-bond donors (Lipinski definition) is 2. The molecule has 1 heterocycles. The summed E-state index contributed by atoms with van der Waals surface area (Å²) in [5.74, 6) is -1.60. The topological polar surface area (TPSA) is 84.2 Å². The first-order chi connectivity index (χ1) is 7.61. The van der Waals surface area contributed by atoms with E-state index in [1.165, 1.54) is 0 Å².